The van der Waals surface area contributed by atoms with Crippen molar-refractivity contribution in [1.29, 1.82) is 0 Å². The molecule has 2 rings (SSSR count). The molecule has 4 nitrogen and oxygen atoms in total. The fourth-order valence-corrected chi connectivity index (χ4v) is 2.67. The van der Waals surface area contributed by atoms with Crippen LogP contribution in [0.1, 0.15) is 39.0 Å². The van der Waals surface area contributed by atoms with Crippen LogP contribution in [0.2, 0.25) is 0 Å². The lowest BCUT2D eigenvalue weighted by Gasteiger charge is -2.21. The van der Waals surface area contributed by atoms with Crippen LogP contribution in [0.4, 0.5) is 0 Å². The van der Waals surface area contributed by atoms with Crippen molar-refractivity contribution in [3.63, 3.8) is 0 Å². The summed E-state index contributed by atoms with van der Waals surface area (Å²) in [6.45, 7) is 5.95. The molecule has 1 amide bonds. The van der Waals surface area contributed by atoms with E-state index in [1.165, 1.54) is 12.8 Å². The SMILES string of the molecule is C[C@H](NCCCN1CCCC1=O)[C@@H]1CCCO1. The van der Waals surface area contributed by atoms with Crippen LogP contribution < -0.4 is 5.32 Å². The molecule has 17 heavy (non-hydrogen) atoms. The number of hydrogen-bond acceptors (Lipinski definition) is 3. The van der Waals surface area contributed by atoms with Gasteiger partial charge in [0.25, 0.3) is 0 Å². The minimum absolute atomic E-state index is 0.331. The van der Waals surface area contributed by atoms with Gasteiger partial charge in [-0.15, -0.1) is 0 Å². The van der Waals surface area contributed by atoms with E-state index in [0.29, 0.717) is 18.1 Å². The van der Waals surface area contributed by atoms with Gasteiger partial charge in [0.15, 0.2) is 0 Å². The predicted octanol–water partition coefficient (Wildman–Crippen LogP) is 1.16. The second kappa shape index (κ2) is 6.36. The molecule has 98 valence electrons. The molecule has 0 saturated carbocycles. The van der Waals surface area contributed by atoms with Crippen molar-refractivity contribution in [2.24, 2.45) is 0 Å². The van der Waals surface area contributed by atoms with Gasteiger partial charge < -0.3 is 15.0 Å². The molecule has 1 N–H and O–H groups in total. The van der Waals surface area contributed by atoms with Crippen LogP contribution in [-0.2, 0) is 9.53 Å². The maximum absolute atomic E-state index is 11.4. The monoisotopic (exact) mass is 240 g/mol. The number of rotatable bonds is 6. The van der Waals surface area contributed by atoms with Crippen molar-refractivity contribution >= 4 is 5.91 Å². The fraction of sp³-hybridized carbons (Fsp3) is 0.923. The first-order valence-electron chi connectivity index (χ1n) is 6.90. The highest BCUT2D eigenvalue weighted by Gasteiger charge is 2.22. The Balaban J connectivity index is 1.54. The third-order valence-electron chi connectivity index (χ3n) is 3.77. The molecule has 2 saturated heterocycles. The summed E-state index contributed by atoms with van der Waals surface area (Å²) in [5.74, 6) is 0.331. The normalized spacial score (nSPS) is 26.8. The standard InChI is InChI=1S/C13H24N2O2/c1-11(12-5-3-10-17-12)14-7-4-9-15-8-2-6-13(15)16/h11-12,14H,2-10H2,1H3/t11-,12-/m0/s1. The molecule has 2 aliphatic heterocycles. The number of amides is 1. The summed E-state index contributed by atoms with van der Waals surface area (Å²) < 4.78 is 5.64. The minimum atomic E-state index is 0.331. The minimum Gasteiger partial charge on any atom is -0.377 e. The van der Waals surface area contributed by atoms with Crippen LogP contribution in [0, 0.1) is 0 Å². The summed E-state index contributed by atoms with van der Waals surface area (Å²) >= 11 is 0. The van der Waals surface area contributed by atoms with E-state index in [4.69, 9.17) is 4.74 Å². The molecule has 2 heterocycles. The molecule has 0 unspecified atom stereocenters. The second-order valence-corrected chi connectivity index (χ2v) is 5.13. The Kier molecular flexibility index (Phi) is 4.80. The molecule has 4 heteroatoms. The maximum Gasteiger partial charge on any atom is 0.222 e. The Morgan fingerprint density at radius 2 is 2.41 bits per heavy atom. The Morgan fingerprint density at radius 3 is 3.06 bits per heavy atom. The van der Waals surface area contributed by atoms with E-state index in [-0.39, 0.29) is 0 Å². The average Bonchev–Trinajstić information content (AvgIpc) is 2.96. The zero-order chi connectivity index (χ0) is 12.1. The largest absolute Gasteiger partial charge is 0.377 e. The van der Waals surface area contributed by atoms with Gasteiger partial charge in [-0.05, 0) is 39.2 Å². The van der Waals surface area contributed by atoms with E-state index in [9.17, 15) is 4.79 Å². The van der Waals surface area contributed by atoms with Crippen molar-refractivity contribution in [2.75, 3.05) is 26.2 Å². The number of nitrogens with zero attached hydrogens (tertiary/aromatic N) is 1. The summed E-state index contributed by atoms with van der Waals surface area (Å²) in [7, 11) is 0. The van der Waals surface area contributed by atoms with Crippen molar-refractivity contribution in [3.8, 4) is 0 Å². The van der Waals surface area contributed by atoms with Gasteiger partial charge in [-0.2, -0.15) is 0 Å². The molecular weight excluding hydrogens is 216 g/mol. The summed E-state index contributed by atoms with van der Waals surface area (Å²) in [5.41, 5.74) is 0. The molecule has 0 aliphatic carbocycles. The summed E-state index contributed by atoms with van der Waals surface area (Å²) in [4.78, 5) is 13.4. The molecule has 0 aromatic carbocycles. The predicted molar refractivity (Wildman–Crippen MR) is 66.9 cm³/mol. The molecule has 0 spiro atoms. The molecule has 0 aromatic rings. The lowest BCUT2D eigenvalue weighted by Crippen LogP contribution is -2.38. The van der Waals surface area contributed by atoms with Crippen molar-refractivity contribution < 1.29 is 9.53 Å². The van der Waals surface area contributed by atoms with E-state index in [1.54, 1.807) is 0 Å². The Labute approximate surface area is 104 Å². The summed E-state index contributed by atoms with van der Waals surface area (Å²) in [6, 6.07) is 0.437. The van der Waals surface area contributed by atoms with Gasteiger partial charge >= 0.3 is 0 Å². The molecule has 0 aromatic heterocycles. The molecular formula is C13H24N2O2. The zero-order valence-corrected chi connectivity index (χ0v) is 10.8. The van der Waals surface area contributed by atoms with Crippen molar-refractivity contribution in [3.05, 3.63) is 0 Å². The highest BCUT2D eigenvalue weighted by Crippen LogP contribution is 2.15. The van der Waals surface area contributed by atoms with Crippen LogP contribution in [0.25, 0.3) is 0 Å². The van der Waals surface area contributed by atoms with Gasteiger partial charge in [-0.1, -0.05) is 0 Å². The number of hydrogen-bond donors (Lipinski definition) is 1. The van der Waals surface area contributed by atoms with Gasteiger partial charge in [0, 0.05) is 32.2 Å². The number of likely N-dealkylation sites (tertiary alicyclic amines) is 1. The second-order valence-electron chi connectivity index (χ2n) is 5.13. The Hall–Kier alpha value is -0.610. The van der Waals surface area contributed by atoms with E-state index < -0.39 is 0 Å². The zero-order valence-electron chi connectivity index (χ0n) is 10.8. The van der Waals surface area contributed by atoms with E-state index in [1.807, 2.05) is 4.90 Å². The van der Waals surface area contributed by atoms with E-state index in [2.05, 4.69) is 12.2 Å². The molecule has 0 radical (unpaired) electrons. The number of carbonyl (C=O) groups is 1. The smallest absolute Gasteiger partial charge is 0.222 e. The van der Waals surface area contributed by atoms with E-state index >= 15 is 0 Å². The lowest BCUT2D eigenvalue weighted by molar-refractivity contribution is -0.127. The number of nitrogens with one attached hydrogen (secondary N) is 1. The van der Waals surface area contributed by atoms with Gasteiger partial charge in [0.05, 0.1) is 6.10 Å². The van der Waals surface area contributed by atoms with Crippen LogP contribution >= 0.6 is 0 Å². The highest BCUT2D eigenvalue weighted by atomic mass is 16.5. The summed E-state index contributed by atoms with van der Waals surface area (Å²) in [6.07, 6.45) is 5.60. The number of ether oxygens (including phenoxy) is 1. The number of carbonyl (C=O) groups excluding carboxylic acids is 1. The highest BCUT2D eigenvalue weighted by molar-refractivity contribution is 5.77. The quantitative estimate of drug-likeness (QED) is 0.708. The molecule has 2 fully saturated rings. The van der Waals surface area contributed by atoms with Crippen LogP contribution in [0.5, 0.6) is 0 Å². The molecule has 2 atom stereocenters. The topological polar surface area (TPSA) is 41.6 Å². The van der Waals surface area contributed by atoms with Crippen LogP contribution in [-0.4, -0.2) is 49.2 Å². The van der Waals surface area contributed by atoms with Crippen molar-refractivity contribution in [1.82, 2.24) is 10.2 Å². The van der Waals surface area contributed by atoms with Gasteiger partial charge in [-0.3, -0.25) is 4.79 Å². The van der Waals surface area contributed by atoms with E-state index in [0.717, 1.165) is 45.5 Å². The first kappa shape index (κ1) is 12.8. The molecule has 0 bridgehead atoms. The third-order valence-corrected chi connectivity index (χ3v) is 3.77. The third kappa shape index (κ3) is 3.68. The summed E-state index contributed by atoms with van der Waals surface area (Å²) in [5, 5.41) is 3.50. The van der Waals surface area contributed by atoms with Crippen molar-refractivity contribution in [2.45, 2.75) is 51.2 Å². The van der Waals surface area contributed by atoms with Crippen LogP contribution in [0.3, 0.4) is 0 Å². The molecule has 2 aliphatic rings. The van der Waals surface area contributed by atoms with Gasteiger partial charge in [0.1, 0.15) is 0 Å². The maximum atomic E-state index is 11.4. The Morgan fingerprint density at radius 1 is 1.53 bits per heavy atom. The first-order chi connectivity index (χ1) is 8.27. The van der Waals surface area contributed by atoms with Gasteiger partial charge in [-0.25, -0.2) is 0 Å². The average molecular weight is 240 g/mol. The van der Waals surface area contributed by atoms with Gasteiger partial charge in [0.2, 0.25) is 5.91 Å². The fourth-order valence-electron chi connectivity index (χ4n) is 2.67. The first-order valence-corrected chi connectivity index (χ1v) is 6.90. The lowest BCUT2D eigenvalue weighted by atomic mass is 10.1. The Bertz CT molecular complexity index is 252. The van der Waals surface area contributed by atoms with Crippen LogP contribution in [0.15, 0.2) is 0 Å².